The molecule has 2 saturated heterocycles. The number of aromatic nitrogens is 2. The topological polar surface area (TPSA) is 121 Å². The summed E-state index contributed by atoms with van der Waals surface area (Å²) >= 11 is 0. The van der Waals surface area contributed by atoms with Crippen LogP contribution < -0.4 is 4.90 Å². The van der Waals surface area contributed by atoms with E-state index in [4.69, 9.17) is 9.47 Å². The molecule has 51 heavy (non-hydrogen) atoms. The van der Waals surface area contributed by atoms with E-state index in [9.17, 15) is 19.5 Å². The molecule has 0 spiro atoms. The van der Waals surface area contributed by atoms with Gasteiger partial charge in [-0.25, -0.2) is 9.18 Å². The number of esters is 1. The van der Waals surface area contributed by atoms with Gasteiger partial charge in [0.05, 0.1) is 12.5 Å². The normalized spacial score (nSPS) is 26.8. The number of carbonyl (C=O) groups excluding carboxylic acids is 3. The number of amides is 2. The van der Waals surface area contributed by atoms with Gasteiger partial charge in [-0.15, -0.1) is 0 Å². The molecule has 278 valence electrons. The number of anilines is 1. The average Bonchev–Trinajstić information content (AvgIpc) is 3.51. The maximum atomic E-state index is 15.0. The fourth-order valence-corrected chi connectivity index (χ4v) is 6.92. The van der Waals surface area contributed by atoms with Crippen LogP contribution in [0.15, 0.2) is 54.4 Å². The molecule has 0 bridgehead atoms. The molecule has 0 saturated carbocycles. The summed E-state index contributed by atoms with van der Waals surface area (Å²) in [5, 5.41) is 14.8. The quantitative estimate of drug-likeness (QED) is 0.348. The minimum atomic E-state index is -0.895. The molecule has 12 nitrogen and oxygen atoms in total. The van der Waals surface area contributed by atoms with Crippen LogP contribution in [0.3, 0.4) is 0 Å². The Bertz CT molecular complexity index is 1540. The van der Waals surface area contributed by atoms with Crippen molar-refractivity contribution in [2.45, 2.75) is 71.3 Å². The summed E-state index contributed by atoms with van der Waals surface area (Å²) < 4.78 is 28.7. The highest BCUT2D eigenvalue weighted by Gasteiger charge is 2.29. The second-order valence-electron chi connectivity index (χ2n) is 14.3. The fraction of sp³-hybridized carbons (Fsp3) is 0.579. The number of likely N-dealkylation sites (N-methyl/N-ethyl adjacent to an activating group) is 1. The molecule has 4 heterocycles. The number of halogens is 1. The first kappa shape index (κ1) is 38.0. The van der Waals surface area contributed by atoms with Gasteiger partial charge < -0.3 is 34.2 Å². The van der Waals surface area contributed by atoms with Gasteiger partial charge in [0.2, 0.25) is 5.91 Å². The monoisotopic (exact) mass is 708 g/mol. The number of nitrogens with zero attached hydrogens (tertiary/aromatic N) is 6. The molecule has 13 heteroatoms. The van der Waals surface area contributed by atoms with E-state index in [2.05, 4.69) is 14.9 Å². The largest absolute Gasteiger partial charge is 0.457 e. The van der Waals surface area contributed by atoms with Crippen molar-refractivity contribution < 1.29 is 33.4 Å². The van der Waals surface area contributed by atoms with E-state index >= 15 is 4.39 Å². The summed E-state index contributed by atoms with van der Waals surface area (Å²) in [6, 6.07) is 6.61. The second-order valence-corrected chi connectivity index (χ2v) is 14.3. The number of cyclic esters (lactones) is 1. The molecule has 1 aromatic heterocycles. The Hall–Kier alpha value is -4.23. The lowest BCUT2D eigenvalue weighted by Crippen LogP contribution is -2.49. The molecule has 0 unspecified atom stereocenters. The van der Waals surface area contributed by atoms with Gasteiger partial charge in [0, 0.05) is 69.8 Å². The van der Waals surface area contributed by atoms with Gasteiger partial charge in [-0.2, -0.15) is 5.10 Å². The Labute approximate surface area is 300 Å². The molecule has 5 rings (SSSR count). The minimum absolute atomic E-state index is 0.0107. The summed E-state index contributed by atoms with van der Waals surface area (Å²) in [6.07, 6.45) is 8.18. The standard InChI is InChI=1S/C38H53FN6O6/c1-27-7-9-33(46)25-36(48)51-37(28(2)8-10-34(27)50-38(49)44-13-6-12-41(4)15-16-44)29(3)21-30-22-31(39)24-32(23-30)42-17-19-43(20-18-42)35(47)26-45-14-5-11-40-45/h5,8,10-11,14,21-24,27-28,33-34,37,46H,6-7,9,12-13,15-20,25-26H2,1-4H3/b10-8-,29-21+/t27-,28-,33+,34-,37-/m0/s1. The van der Waals surface area contributed by atoms with Crippen molar-refractivity contribution in [2.75, 3.05) is 64.3 Å². The maximum Gasteiger partial charge on any atom is 0.410 e. The minimum Gasteiger partial charge on any atom is -0.457 e. The molecule has 0 aliphatic carbocycles. The summed E-state index contributed by atoms with van der Waals surface area (Å²) in [6.45, 7) is 11.0. The van der Waals surface area contributed by atoms with Crippen LogP contribution in [0, 0.1) is 17.7 Å². The number of hydrogen-bond acceptors (Lipinski definition) is 9. The van der Waals surface area contributed by atoms with E-state index in [1.54, 1.807) is 32.9 Å². The number of piperazine rings is 1. The van der Waals surface area contributed by atoms with E-state index < -0.39 is 30.1 Å². The first-order valence-electron chi connectivity index (χ1n) is 18.1. The molecule has 1 N–H and O–H groups in total. The van der Waals surface area contributed by atoms with Crippen LogP contribution in [0.2, 0.25) is 0 Å². The van der Waals surface area contributed by atoms with Crippen molar-refractivity contribution in [1.29, 1.82) is 0 Å². The van der Waals surface area contributed by atoms with Crippen LogP contribution in [0.25, 0.3) is 6.08 Å². The Morgan fingerprint density at radius 1 is 1.02 bits per heavy atom. The summed E-state index contributed by atoms with van der Waals surface area (Å²) in [4.78, 5) is 46.8. The van der Waals surface area contributed by atoms with E-state index in [1.165, 1.54) is 12.1 Å². The lowest BCUT2D eigenvalue weighted by Gasteiger charge is -2.36. The van der Waals surface area contributed by atoms with Crippen molar-refractivity contribution in [3.8, 4) is 0 Å². The Morgan fingerprint density at radius 3 is 2.53 bits per heavy atom. The van der Waals surface area contributed by atoms with Crippen LogP contribution in [0.4, 0.5) is 14.9 Å². The zero-order chi connectivity index (χ0) is 36.5. The zero-order valence-electron chi connectivity index (χ0n) is 30.3. The fourth-order valence-electron chi connectivity index (χ4n) is 6.92. The van der Waals surface area contributed by atoms with Crippen LogP contribution in [0.1, 0.15) is 52.0 Å². The van der Waals surface area contributed by atoms with Crippen molar-refractivity contribution in [2.24, 2.45) is 11.8 Å². The van der Waals surface area contributed by atoms with E-state index in [1.807, 2.05) is 52.1 Å². The highest BCUT2D eigenvalue weighted by atomic mass is 19.1. The Morgan fingerprint density at radius 2 is 1.78 bits per heavy atom. The Balaban J connectivity index is 1.30. The van der Waals surface area contributed by atoms with Crippen LogP contribution in [0.5, 0.6) is 0 Å². The van der Waals surface area contributed by atoms with Gasteiger partial charge in [0.15, 0.2) is 0 Å². The van der Waals surface area contributed by atoms with Crippen LogP contribution >= 0.6 is 0 Å². The molecular formula is C38H53FN6O6. The predicted molar refractivity (Wildman–Crippen MR) is 192 cm³/mol. The average molecular weight is 709 g/mol. The predicted octanol–water partition coefficient (Wildman–Crippen LogP) is 4.20. The first-order chi connectivity index (χ1) is 24.4. The van der Waals surface area contributed by atoms with Crippen molar-refractivity contribution >= 4 is 29.7 Å². The molecule has 2 amide bonds. The third kappa shape index (κ3) is 10.9. The highest BCUT2D eigenvalue weighted by Crippen LogP contribution is 2.28. The van der Waals surface area contributed by atoms with Gasteiger partial charge in [-0.1, -0.05) is 26.0 Å². The van der Waals surface area contributed by atoms with Crippen molar-refractivity contribution in [3.63, 3.8) is 0 Å². The number of hydrogen-bond donors (Lipinski definition) is 1. The number of benzene rings is 1. The first-order valence-corrected chi connectivity index (χ1v) is 18.1. The third-order valence-corrected chi connectivity index (χ3v) is 10.1. The van der Waals surface area contributed by atoms with Gasteiger partial charge >= 0.3 is 12.1 Å². The zero-order valence-corrected chi connectivity index (χ0v) is 30.3. The molecule has 5 atom stereocenters. The molecule has 2 aromatic rings. The van der Waals surface area contributed by atoms with Crippen molar-refractivity contribution in [3.05, 3.63) is 65.8 Å². The van der Waals surface area contributed by atoms with Crippen molar-refractivity contribution in [1.82, 2.24) is 24.5 Å². The number of carbonyl (C=O) groups is 3. The molecule has 3 aliphatic heterocycles. The molecule has 3 aliphatic rings. The van der Waals surface area contributed by atoms with Crippen LogP contribution in [-0.2, 0) is 25.6 Å². The van der Waals surface area contributed by atoms with E-state index in [0.717, 1.165) is 19.5 Å². The second kappa shape index (κ2) is 17.8. The van der Waals surface area contributed by atoms with Gasteiger partial charge in [0.25, 0.3) is 0 Å². The Kier molecular flexibility index (Phi) is 13.3. The molecule has 0 radical (unpaired) electrons. The summed E-state index contributed by atoms with van der Waals surface area (Å²) in [7, 11) is 2.05. The molecule has 1 aromatic carbocycles. The smallest absolute Gasteiger partial charge is 0.410 e. The van der Waals surface area contributed by atoms with Crippen LogP contribution in [-0.4, -0.2) is 125 Å². The van der Waals surface area contributed by atoms with Gasteiger partial charge in [-0.05, 0) is 87.2 Å². The third-order valence-electron chi connectivity index (χ3n) is 10.1. The SMILES string of the molecule is C/C(=C\c1cc(F)cc(N2CCN(C(=O)Cn3cccn3)CC2)c1)[C@H]1OC(=O)C[C@H](O)CC[C@H](C)[C@@H](OC(=O)N2CCCN(C)CC2)/C=C\[C@@H]1C. The molecular weight excluding hydrogens is 655 g/mol. The highest BCUT2D eigenvalue weighted by molar-refractivity contribution is 5.76. The summed E-state index contributed by atoms with van der Waals surface area (Å²) in [5.74, 6) is -1.33. The maximum absolute atomic E-state index is 15.0. The van der Waals surface area contributed by atoms with E-state index in [0.29, 0.717) is 68.9 Å². The molecule has 2 fully saturated rings. The number of rotatable bonds is 6. The number of ether oxygens (including phenoxy) is 2. The van der Waals surface area contributed by atoms with Gasteiger partial charge in [0.1, 0.15) is 24.6 Å². The van der Waals surface area contributed by atoms with Gasteiger partial charge in [-0.3, -0.25) is 14.3 Å². The lowest BCUT2D eigenvalue weighted by atomic mass is 9.91. The van der Waals surface area contributed by atoms with E-state index in [-0.39, 0.29) is 36.8 Å². The number of aliphatic hydroxyl groups is 1. The summed E-state index contributed by atoms with van der Waals surface area (Å²) in [5.41, 5.74) is 2.02. The number of aliphatic hydroxyl groups excluding tert-OH is 1. The lowest BCUT2D eigenvalue weighted by molar-refractivity contribution is -0.151.